The predicted octanol–water partition coefficient (Wildman–Crippen LogP) is 2.11. The van der Waals surface area contributed by atoms with E-state index in [9.17, 15) is 15.0 Å². The van der Waals surface area contributed by atoms with Gasteiger partial charge in [-0.3, -0.25) is 0 Å². The Labute approximate surface area is 126 Å². The van der Waals surface area contributed by atoms with E-state index in [2.05, 4.69) is 0 Å². The molecule has 0 saturated carbocycles. The third kappa shape index (κ3) is 3.52. The van der Waals surface area contributed by atoms with E-state index in [1.54, 1.807) is 12.1 Å². The number of hydrogen-bond acceptors (Lipinski definition) is 4. The molecule has 3 N–H and O–H groups in total. The van der Waals surface area contributed by atoms with Gasteiger partial charge < -0.3 is 20.1 Å². The van der Waals surface area contributed by atoms with Crippen molar-refractivity contribution in [1.29, 1.82) is 0 Å². The lowest BCUT2D eigenvalue weighted by Crippen LogP contribution is -2.10. The van der Waals surface area contributed by atoms with Crippen LogP contribution in [0.15, 0.2) is 42.4 Å². The van der Waals surface area contributed by atoms with E-state index in [0.717, 1.165) is 6.07 Å². The van der Waals surface area contributed by atoms with Crippen molar-refractivity contribution in [2.24, 2.45) is 0 Å². The highest BCUT2D eigenvalue weighted by molar-refractivity contribution is 5.74. The first kappa shape index (κ1) is 11.2. The van der Waals surface area contributed by atoms with Crippen LogP contribution in [0.2, 0.25) is 0 Å². The number of ether oxygens (including phenoxy) is 1. The van der Waals surface area contributed by atoms with Gasteiger partial charge in [-0.2, -0.15) is 0 Å². The van der Waals surface area contributed by atoms with E-state index in [1.165, 1.54) is 19.2 Å². The molecule has 1 atom stereocenters. The van der Waals surface area contributed by atoms with Crippen molar-refractivity contribution in [1.82, 2.24) is 0 Å². The van der Waals surface area contributed by atoms with E-state index in [4.69, 9.17) is 14.0 Å². The average molecular weight is 291 g/mol. The Morgan fingerprint density at radius 1 is 1.33 bits per heavy atom. The molecule has 0 aliphatic carbocycles. The molecule has 0 bridgehead atoms. The molecule has 0 aromatic heterocycles. The number of benzene rings is 2. The highest BCUT2D eigenvalue weighted by atomic mass is 16.5. The smallest absolute Gasteiger partial charge is 0.337 e. The third-order valence-corrected chi connectivity index (χ3v) is 2.91. The van der Waals surface area contributed by atoms with E-state index < -0.39 is 23.7 Å². The first-order valence-electron chi connectivity index (χ1n) is 7.59. The number of aliphatic hydroxyl groups is 1. The lowest BCUT2D eigenvalue weighted by atomic mass is 10.0. The standard InChI is InChI=1S/C16H16O5/c1-21-14-9-11(4-7-13(14)17)8-10-2-5-12(6-3-10)15(18)16(19)20/h2-7,9,15,17-18H,8H2,1H3,(H,19,20)/i2D,5D,15D. The summed E-state index contributed by atoms with van der Waals surface area (Å²) in [5, 5.41) is 28.1. The first-order chi connectivity index (χ1) is 11.2. The zero-order valence-electron chi connectivity index (χ0n) is 14.3. The molecule has 1 unspecified atom stereocenters. The Balaban J connectivity index is 2.40. The van der Waals surface area contributed by atoms with Gasteiger partial charge in [-0.1, -0.05) is 30.3 Å². The van der Waals surface area contributed by atoms with Gasteiger partial charge in [-0.05, 0) is 35.2 Å². The molecule has 0 spiro atoms. The van der Waals surface area contributed by atoms with Crippen LogP contribution in [0.4, 0.5) is 0 Å². The summed E-state index contributed by atoms with van der Waals surface area (Å²) >= 11 is 0. The molecule has 21 heavy (non-hydrogen) atoms. The normalized spacial score (nSPS) is 15.4. The number of aliphatic carboxylic acids is 1. The molecule has 0 aliphatic rings. The third-order valence-electron chi connectivity index (χ3n) is 2.91. The van der Waals surface area contributed by atoms with Crippen LogP contribution in [0.1, 0.15) is 26.9 Å². The van der Waals surface area contributed by atoms with Gasteiger partial charge in [0, 0.05) is 0 Å². The van der Waals surface area contributed by atoms with Crippen LogP contribution < -0.4 is 4.74 Å². The summed E-state index contributed by atoms with van der Waals surface area (Å²) in [6.45, 7) is 0. The minimum Gasteiger partial charge on any atom is -0.504 e. The molecule has 2 rings (SSSR count). The summed E-state index contributed by atoms with van der Waals surface area (Å²) in [5.74, 6) is -1.57. The van der Waals surface area contributed by atoms with Crippen molar-refractivity contribution in [2.75, 3.05) is 7.11 Å². The Morgan fingerprint density at radius 2 is 2.05 bits per heavy atom. The van der Waals surface area contributed by atoms with Crippen molar-refractivity contribution in [3.05, 3.63) is 59.1 Å². The van der Waals surface area contributed by atoms with E-state index in [0.29, 0.717) is 11.1 Å². The second kappa shape index (κ2) is 6.28. The summed E-state index contributed by atoms with van der Waals surface area (Å²) in [4.78, 5) is 10.9. The number of rotatable bonds is 5. The topological polar surface area (TPSA) is 87.0 Å². The average Bonchev–Trinajstić information content (AvgIpc) is 2.53. The molecule has 0 amide bonds. The molecule has 0 saturated heterocycles. The molecule has 0 heterocycles. The van der Waals surface area contributed by atoms with Crippen molar-refractivity contribution in [3.8, 4) is 11.5 Å². The number of aromatic hydroxyl groups is 1. The van der Waals surface area contributed by atoms with E-state index in [1.807, 2.05) is 0 Å². The van der Waals surface area contributed by atoms with Gasteiger partial charge in [-0.15, -0.1) is 0 Å². The van der Waals surface area contributed by atoms with Crippen LogP contribution >= 0.6 is 0 Å². The van der Waals surface area contributed by atoms with Crippen LogP contribution in [-0.2, 0) is 11.2 Å². The first-order valence-corrected chi connectivity index (χ1v) is 6.09. The van der Waals surface area contributed by atoms with Crippen molar-refractivity contribution in [3.63, 3.8) is 0 Å². The van der Waals surface area contributed by atoms with Crippen LogP contribution in [-0.4, -0.2) is 28.4 Å². The molecule has 0 radical (unpaired) electrons. The monoisotopic (exact) mass is 291 g/mol. The summed E-state index contributed by atoms with van der Waals surface area (Å²) in [5.41, 5.74) is 0.661. The number of carbonyl (C=O) groups is 1. The van der Waals surface area contributed by atoms with Crippen molar-refractivity contribution < 1.29 is 29.0 Å². The van der Waals surface area contributed by atoms with Gasteiger partial charge in [0.05, 0.1) is 11.2 Å². The van der Waals surface area contributed by atoms with Gasteiger partial charge >= 0.3 is 5.97 Å². The van der Waals surface area contributed by atoms with Gasteiger partial charge in [0.15, 0.2) is 17.6 Å². The largest absolute Gasteiger partial charge is 0.504 e. The maximum absolute atomic E-state index is 10.9. The van der Waals surface area contributed by atoms with Crippen molar-refractivity contribution >= 4 is 5.97 Å². The Kier molecular flexibility index (Phi) is 3.34. The Hall–Kier alpha value is -2.53. The molecular formula is C16H16O5. The minimum absolute atomic E-state index is 0.0235. The number of hydrogen-bond donors (Lipinski definition) is 3. The summed E-state index contributed by atoms with van der Waals surface area (Å²) in [6.07, 6.45) is -2.74. The van der Waals surface area contributed by atoms with Crippen LogP contribution in [0.3, 0.4) is 0 Å². The maximum Gasteiger partial charge on any atom is 0.337 e. The van der Waals surface area contributed by atoms with Gasteiger partial charge in [0.1, 0.15) is 0 Å². The van der Waals surface area contributed by atoms with Crippen LogP contribution in [0.25, 0.3) is 0 Å². The molecule has 0 aliphatic heterocycles. The number of methoxy groups -OCH3 is 1. The molecule has 5 heteroatoms. The molecular weight excluding hydrogens is 272 g/mol. The Bertz CT molecular complexity index is 790. The molecule has 2 aromatic rings. The molecule has 2 aromatic carbocycles. The summed E-state index contributed by atoms with van der Waals surface area (Å²) in [7, 11) is 1.41. The fraction of sp³-hybridized carbons (Fsp3) is 0.188. The zero-order chi connectivity index (χ0) is 18.1. The van der Waals surface area contributed by atoms with Gasteiger partial charge in [0.2, 0.25) is 0 Å². The second-order valence-electron chi connectivity index (χ2n) is 4.36. The predicted molar refractivity (Wildman–Crippen MR) is 76.5 cm³/mol. The Morgan fingerprint density at radius 3 is 2.71 bits per heavy atom. The van der Waals surface area contributed by atoms with Gasteiger partial charge in [-0.25, -0.2) is 4.79 Å². The number of phenolic OH excluding ortho intramolecular Hbond substituents is 1. The maximum atomic E-state index is 10.9. The molecule has 0 fully saturated rings. The van der Waals surface area contributed by atoms with Crippen LogP contribution in [0, 0.1) is 0 Å². The number of phenols is 1. The quantitative estimate of drug-likeness (QED) is 0.785. The van der Waals surface area contributed by atoms with Gasteiger partial charge in [0.25, 0.3) is 0 Å². The summed E-state index contributed by atoms with van der Waals surface area (Å²) < 4.78 is 28.3. The minimum atomic E-state index is -2.98. The zero-order valence-corrected chi connectivity index (χ0v) is 11.3. The number of carboxylic acid groups (broad SMARTS) is 1. The number of carboxylic acids is 1. The van der Waals surface area contributed by atoms with Crippen molar-refractivity contribution in [2.45, 2.75) is 12.5 Å². The highest BCUT2D eigenvalue weighted by Crippen LogP contribution is 2.27. The van der Waals surface area contributed by atoms with Crippen LogP contribution in [0.5, 0.6) is 11.5 Å². The summed E-state index contributed by atoms with van der Waals surface area (Å²) in [6, 6.07) is 6.44. The fourth-order valence-electron chi connectivity index (χ4n) is 1.82. The van der Waals surface area contributed by atoms with E-state index in [-0.39, 0.29) is 24.0 Å². The lowest BCUT2D eigenvalue weighted by Gasteiger charge is -2.09. The lowest BCUT2D eigenvalue weighted by molar-refractivity contribution is -0.146. The molecule has 5 nitrogen and oxygen atoms in total. The van der Waals surface area contributed by atoms with E-state index >= 15 is 0 Å². The molecule has 110 valence electrons. The highest BCUT2D eigenvalue weighted by Gasteiger charge is 2.15. The fourth-order valence-corrected chi connectivity index (χ4v) is 1.82. The SMILES string of the molecule is [2H]c1c(Cc2ccc(O)c(OC)c2)ccc(C([2H])(O)C(=O)O)c1[2H]. The second-order valence-corrected chi connectivity index (χ2v) is 4.36.